The Bertz CT molecular complexity index is 857. The molecule has 3 aromatic rings. The van der Waals surface area contributed by atoms with Gasteiger partial charge < -0.3 is 15.1 Å². The first-order valence-electron chi connectivity index (χ1n) is 7.59. The van der Waals surface area contributed by atoms with Gasteiger partial charge in [-0.1, -0.05) is 15.9 Å². The van der Waals surface area contributed by atoms with Gasteiger partial charge >= 0.3 is 0 Å². The maximum atomic E-state index is 12.2. The number of furan rings is 1. The van der Waals surface area contributed by atoms with E-state index in [4.69, 9.17) is 4.42 Å². The van der Waals surface area contributed by atoms with E-state index in [1.54, 1.807) is 54.8 Å². The largest absolute Gasteiger partial charge is 0.467 e. The van der Waals surface area contributed by atoms with Crippen molar-refractivity contribution in [3.05, 3.63) is 88.3 Å². The topological polar surface area (TPSA) is 71.3 Å². The van der Waals surface area contributed by atoms with Crippen molar-refractivity contribution in [2.45, 2.75) is 6.54 Å². The summed E-state index contributed by atoms with van der Waals surface area (Å²) < 4.78 is 6.10. The summed E-state index contributed by atoms with van der Waals surface area (Å²) in [6, 6.07) is 17.3. The van der Waals surface area contributed by atoms with Crippen LogP contribution in [0.15, 0.2) is 75.8 Å². The van der Waals surface area contributed by atoms with Crippen LogP contribution >= 0.6 is 15.9 Å². The van der Waals surface area contributed by atoms with Gasteiger partial charge in [0, 0.05) is 21.3 Å². The summed E-state index contributed by atoms with van der Waals surface area (Å²) in [5, 5.41) is 5.56. The Morgan fingerprint density at radius 3 is 2.12 bits per heavy atom. The van der Waals surface area contributed by atoms with Gasteiger partial charge in [0.15, 0.2) is 0 Å². The predicted octanol–water partition coefficient (Wildman–Crippen LogP) is 4.22. The predicted molar refractivity (Wildman–Crippen MR) is 98.4 cm³/mol. The van der Waals surface area contributed by atoms with Gasteiger partial charge in [0.2, 0.25) is 0 Å². The fourth-order valence-electron chi connectivity index (χ4n) is 2.19. The molecule has 2 aromatic carbocycles. The van der Waals surface area contributed by atoms with Gasteiger partial charge in [-0.3, -0.25) is 9.59 Å². The van der Waals surface area contributed by atoms with Crippen LogP contribution in [0.3, 0.4) is 0 Å². The number of carbonyl (C=O) groups is 2. The SMILES string of the molecule is O=C(NCc1ccco1)c1ccc(C(=O)Nc2ccc(Br)cc2)cc1. The highest BCUT2D eigenvalue weighted by molar-refractivity contribution is 9.10. The lowest BCUT2D eigenvalue weighted by atomic mass is 10.1. The Kier molecular flexibility index (Phi) is 5.30. The molecule has 0 atom stereocenters. The number of anilines is 1. The van der Waals surface area contributed by atoms with Gasteiger partial charge in [-0.25, -0.2) is 0 Å². The highest BCUT2D eigenvalue weighted by Gasteiger charge is 2.09. The minimum Gasteiger partial charge on any atom is -0.467 e. The molecule has 1 heterocycles. The van der Waals surface area contributed by atoms with Gasteiger partial charge in [-0.2, -0.15) is 0 Å². The molecule has 0 radical (unpaired) electrons. The summed E-state index contributed by atoms with van der Waals surface area (Å²) in [4.78, 5) is 24.3. The number of halogens is 1. The van der Waals surface area contributed by atoms with E-state index in [2.05, 4.69) is 26.6 Å². The zero-order valence-electron chi connectivity index (χ0n) is 13.2. The molecule has 0 unspecified atom stereocenters. The molecule has 6 heteroatoms. The van der Waals surface area contributed by atoms with E-state index < -0.39 is 0 Å². The fraction of sp³-hybridized carbons (Fsp3) is 0.0526. The zero-order valence-corrected chi connectivity index (χ0v) is 14.7. The third-order valence-corrected chi connectivity index (χ3v) is 4.04. The third kappa shape index (κ3) is 4.58. The number of amides is 2. The first-order chi connectivity index (χ1) is 12.1. The molecule has 2 N–H and O–H groups in total. The Labute approximate surface area is 153 Å². The summed E-state index contributed by atoms with van der Waals surface area (Å²) in [5.74, 6) is 0.222. The van der Waals surface area contributed by atoms with Gasteiger partial charge in [-0.15, -0.1) is 0 Å². The van der Waals surface area contributed by atoms with Crippen molar-refractivity contribution in [3.63, 3.8) is 0 Å². The van der Waals surface area contributed by atoms with E-state index in [-0.39, 0.29) is 11.8 Å². The molecule has 0 fully saturated rings. The second-order valence-corrected chi connectivity index (χ2v) is 6.22. The normalized spacial score (nSPS) is 10.3. The average molecular weight is 399 g/mol. The van der Waals surface area contributed by atoms with E-state index in [1.165, 1.54) is 0 Å². The van der Waals surface area contributed by atoms with Crippen LogP contribution in [0.4, 0.5) is 5.69 Å². The third-order valence-electron chi connectivity index (χ3n) is 3.51. The van der Waals surface area contributed by atoms with Gasteiger partial charge in [0.05, 0.1) is 12.8 Å². The number of hydrogen-bond acceptors (Lipinski definition) is 3. The van der Waals surface area contributed by atoms with E-state index >= 15 is 0 Å². The van der Waals surface area contributed by atoms with Crippen LogP contribution in [-0.2, 0) is 6.54 Å². The second-order valence-electron chi connectivity index (χ2n) is 5.30. The number of carbonyl (C=O) groups excluding carboxylic acids is 2. The molecule has 0 bridgehead atoms. The molecule has 0 aliphatic heterocycles. The maximum Gasteiger partial charge on any atom is 0.255 e. The summed E-state index contributed by atoms with van der Waals surface area (Å²) in [6.45, 7) is 0.317. The standard InChI is InChI=1S/C19H15BrN2O3/c20-15-7-9-16(10-8-15)22-19(24)14-5-3-13(4-6-14)18(23)21-12-17-2-1-11-25-17/h1-11H,12H2,(H,21,23)(H,22,24). The van der Waals surface area contributed by atoms with Crippen molar-refractivity contribution >= 4 is 33.4 Å². The molecule has 2 amide bonds. The van der Waals surface area contributed by atoms with Crippen molar-refractivity contribution < 1.29 is 14.0 Å². The minimum absolute atomic E-state index is 0.226. The number of rotatable bonds is 5. The summed E-state index contributed by atoms with van der Waals surface area (Å²) in [5.41, 5.74) is 1.66. The lowest BCUT2D eigenvalue weighted by molar-refractivity contribution is 0.0946. The van der Waals surface area contributed by atoms with Crippen LogP contribution in [0.5, 0.6) is 0 Å². The summed E-state index contributed by atoms with van der Waals surface area (Å²) in [6.07, 6.45) is 1.56. The molecule has 25 heavy (non-hydrogen) atoms. The highest BCUT2D eigenvalue weighted by atomic mass is 79.9. The monoisotopic (exact) mass is 398 g/mol. The smallest absolute Gasteiger partial charge is 0.255 e. The zero-order chi connectivity index (χ0) is 17.6. The van der Waals surface area contributed by atoms with E-state index in [0.29, 0.717) is 29.1 Å². The molecular weight excluding hydrogens is 384 g/mol. The van der Waals surface area contributed by atoms with Gasteiger partial charge in [0.25, 0.3) is 11.8 Å². The molecule has 5 nitrogen and oxygen atoms in total. The fourth-order valence-corrected chi connectivity index (χ4v) is 2.46. The quantitative estimate of drug-likeness (QED) is 0.675. The molecule has 3 rings (SSSR count). The lowest BCUT2D eigenvalue weighted by Gasteiger charge is -2.07. The molecule has 0 aliphatic rings. The van der Waals surface area contributed by atoms with Crippen molar-refractivity contribution in [2.24, 2.45) is 0 Å². The van der Waals surface area contributed by atoms with Crippen LogP contribution in [0.1, 0.15) is 26.5 Å². The maximum absolute atomic E-state index is 12.2. The summed E-state index contributed by atoms with van der Waals surface area (Å²) >= 11 is 3.35. The molecule has 1 aromatic heterocycles. The highest BCUT2D eigenvalue weighted by Crippen LogP contribution is 2.15. The van der Waals surface area contributed by atoms with E-state index in [0.717, 1.165) is 4.47 Å². The van der Waals surface area contributed by atoms with Crippen molar-refractivity contribution in [1.82, 2.24) is 5.32 Å². The molecule has 0 saturated carbocycles. The van der Waals surface area contributed by atoms with E-state index in [9.17, 15) is 9.59 Å². The Balaban J connectivity index is 1.60. The molecule has 0 saturated heterocycles. The van der Waals surface area contributed by atoms with Crippen LogP contribution in [0, 0.1) is 0 Å². The van der Waals surface area contributed by atoms with Crippen LogP contribution in [0.2, 0.25) is 0 Å². The number of benzene rings is 2. The van der Waals surface area contributed by atoms with Crippen LogP contribution in [-0.4, -0.2) is 11.8 Å². The number of nitrogens with one attached hydrogen (secondary N) is 2. The Morgan fingerprint density at radius 1 is 0.880 bits per heavy atom. The molecule has 126 valence electrons. The van der Waals surface area contributed by atoms with Crippen LogP contribution < -0.4 is 10.6 Å². The van der Waals surface area contributed by atoms with Crippen LogP contribution in [0.25, 0.3) is 0 Å². The molecular formula is C19H15BrN2O3. The first kappa shape index (κ1) is 17.0. The van der Waals surface area contributed by atoms with Crippen molar-refractivity contribution in [1.29, 1.82) is 0 Å². The lowest BCUT2D eigenvalue weighted by Crippen LogP contribution is -2.22. The molecule has 0 spiro atoms. The second kappa shape index (κ2) is 7.81. The van der Waals surface area contributed by atoms with Gasteiger partial charge in [0.1, 0.15) is 5.76 Å². The Hall–Kier alpha value is -2.86. The van der Waals surface area contributed by atoms with E-state index in [1.807, 2.05) is 12.1 Å². The van der Waals surface area contributed by atoms with Crippen molar-refractivity contribution in [2.75, 3.05) is 5.32 Å². The van der Waals surface area contributed by atoms with Crippen molar-refractivity contribution in [3.8, 4) is 0 Å². The number of hydrogen-bond donors (Lipinski definition) is 2. The summed E-state index contributed by atoms with van der Waals surface area (Å²) in [7, 11) is 0. The molecule has 0 aliphatic carbocycles. The minimum atomic E-state index is -0.232. The Morgan fingerprint density at radius 2 is 1.52 bits per heavy atom. The van der Waals surface area contributed by atoms with Gasteiger partial charge in [-0.05, 0) is 60.7 Å². The average Bonchev–Trinajstić information content (AvgIpc) is 3.15. The first-order valence-corrected chi connectivity index (χ1v) is 8.39.